The number of amides is 1. The van der Waals surface area contributed by atoms with Gasteiger partial charge in [0.1, 0.15) is 5.02 Å². The third kappa shape index (κ3) is 3.16. The van der Waals surface area contributed by atoms with E-state index in [0.717, 1.165) is 19.9 Å². The highest BCUT2D eigenvalue weighted by molar-refractivity contribution is 6.34. The van der Waals surface area contributed by atoms with Gasteiger partial charge in [0.25, 0.3) is 5.91 Å². The molecule has 0 fully saturated rings. The maximum atomic E-state index is 12.6. The van der Waals surface area contributed by atoms with Gasteiger partial charge in [0.05, 0.1) is 0 Å². The van der Waals surface area contributed by atoms with Crippen LogP contribution in [0, 0.1) is 0 Å². The first-order valence-electron chi connectivity index (χ1n) is 5.37. The maximum Gasteiger partial charge on any atom is 0.434 e. The third-order valence-corrected chi connectivity index (χ3v) is 2.65. The number of carbonyl (C=O) groups excluding carboxylic acids is 1. The Balaban J connectivity index is 2.95. The number of nitrogens with one attached hydrogen (secondary N) is 1. The summed E-state index contributed by atoms with van der Waals surface area (Å²) in [5.41, 5.74) is -1.52. The molecule has 1 heterocycles. The van der Waals surface area contributed by atoms with Gasteiger partial charge in [0.15, 0.2) is 11.4 Å². The van der Waals surface area contributed by atoms with E-state index in [1.807, 2.05) is 6.92 Å². The average Bonchev–Trinajstić information content (AvgIpc) is 2.53. The van der Waals surface area contributed by atoms with Gasteiger partial charge in [-0.15, -0.1) is 0 Å². The van der Waals surface area contributed by atoms with Gasteiger partial charge >= 0.3 is 6.18 Å². The van der Waals surface area contributed by atoms with Crippen LogP contribution in [-0.4, -0.2) is 22.2 Å². The van der Waals surface area contributed by atoms with Crippen LogP contribution in [0.1, 0.15) is 35.9 Å². The highest BCUT2D eigenvalue weighted by atomic mass is 35.5. The number of carbonyl (C=O) groups is 1. The molecule has 0 aromatic carbocycles. The predicted molar refractivity (Wildman–Crippen MR) is 60.5 cm³/mol. The summed E-state index contributed by atoms with van der Waals surface area (Å²) in [7, 11) is 1.09. The normalized spacial score (nSPS) is 11.7. The molecular formula is C10H13ClF3N3O. The van der Waals surface area contributed by atoms with E-state index in [1.165, 1.54) is 0 Å². The van der Waals surface area contributed by atoms with E-state index >= 15 is 0 Å². The number of nitrogens with zero attached hydrogens (tertiary/aromatic N) is 2. The van der Waals surface area contributed by atoms with Crippen LogP contribution in [0.3, 0.4) is 0 Å². The number of hydrogen-bond acceptors (Lipinski definition) is 2. The molecule has 1 rings (SSSR count). The van der Waals surface area contributed by atoms with Crippen molar-refractivity contribution in [1.82, 2.24) is 15.1 Å². The molecule has 0 radical (unpaired) electrons. The molecule has 102 valence electrons. The number of rotatable bonds is 4. The van der Waals surface area contributed by atoms with Crippen molar-refractivity contribution in [3.63, 3.8) is 0 Å². The minimum Gasteiger partial charge on any atom is -0.351 e. The quantitative estimate of drug-likeness (QED) is 0.864. The van der Waals surface area contributed by atoms with E-state index in [0.29, 0.717) is 11.2 Å². The molecule has 1 aromatic heterocycles. The summed E-state index contributed by atoms with van der Waals surface area (Å²) < 4.78 is 38.4. The van der Waals surface area contributed by atoms with Crippen molar-refractivity contribution in [2.24, 2.45) is 7.05 Å². The third-order valence-electron chi connectivity index (χ3n) is 2.29. The number of aromatic nitrogens is 2. The molecule has 18 heavy (non-hydrogen) atoms. The Morgan fingerprint density at radius 3 is 2.56 bits per heavy atom. The van der Waals surface area contributed by atoms with Crippen molar-refractivity contribution in [1.29, 1.82) is 0 Å². The van der Waals surface area contributed by atoms with Gasteiger partial charge in [-0.05, 0) is 6.42 Å². The highest BCUT2D eigenvalue weighted by Crippen LogP contribution is 2.35. The molecule has 8 heteroatoms. The van der Waals surface area contributed by atoms with Crippen molar-refractivity contribution in [3.8, 4) is 0 Å². The highest BCUT2D eigenvalue weighted by Gasteiger charge is 2.39. The fourth-order valence-electron chi connectivity index (χ4n) is 1.41. The molecule has 0 aliphatic carbocycles. The molecule has 1 N–H and O–H groups in total. The van der Waals surface area contributed by atoms with Crippen LogP contribution in [0.25, 0.3) is 0 Å². The molecule has 0 spiro atoms. The lowest BCUT2D eigenvalue weighted by Crippen LogP contribution is -2.25. The van der Waals surface area contributed by atoms with Gasteiger partial charge in [0.2, 0.25) is 0 Å². The molecule has 0 aliphatic heterocycles. The van der Waals surface area contributed by atoms with Crippen molar-refractivity contribution >= 4 is 17.5 Å². The van der Waals surface area contributed by atoms with Crippen molar-refractivity contribution in [2.45, 2.75) is 25.9 Å². The van der Waals surface area contributed by atoms with E-state index in [1.54, 1.807) is 0 Å². The molecule has 1 aromatic rings. The van der Waals surface area contributed by atoms with E-state index in [-0.39, 0.29) is 0 Å². The van der Waals surface area contributed by atoms with Crippen LogP contribution in [-0.2, 0) is 13.2 Å². The standard InChI is InChI=1S/C10H13ClF3N3O/c1-3-4-5-15-9(18)7-6(11)8(10(12,13)14)17(2)16-7/h3-5H2,1-2H3,(H,15,18). The molecule has 0 unspecified atom stereocenters. The van der Waals surface area contributed by atoms with Gasteiger partial charge in [-0.1, -0.05) is 24.9 Å². The molecular weight excluding hydrogens is 271 g/mol. The van der Waals surface area contributed by atoms with E-state index in [9.17, 15) is 18.0 Å². The zero-order chi connectivity index (χ0) is 13.9. The van der Waals surface area contributed by atoms with E-state index < -0.39 is 28.5 Å². The Morgan fingerprint density at radius 1 is 1.50 bits per heavy atom. The zero-order valence-corrected chi connectivity index (χ0v) is 10.7. The van der Waals surface area contributed by atoms with E-state index in [4.69, 9.17) is 11.6 Å². The average molecular weight is 284 g/mol. The summed E-state index contributed by atoms with van der Waals surface area (Å²) in [5.74, 6) is -0.695. The van der Waals surface area contributed by atoms with Crippen LogP contribution in [0.5, 0.6) is 0 Å². The fraction of sp³-hybridized carbons (Fsp3) is 0.600. The van der Waals surface area contributed by atoms with Crippen molar-refractivity contribution < 1.29 is 18.0 Å². The molecule has 0 atom stereocenters. The monoisotopic (exact) mass is 283 g/mol. The number of unbranched alkanes of at least 4 members (excludes halogenated alkanes) is 1. The topological polar surface area (TPSA) is 46.9 Å². The minimum absolute atomic E-state index is 0.379. The molecule has 0 saturated carbocycles. The van der Waals surface area contributed by atoms with Crippen LogP contribution < -0.4 is 5.32 Å². The first-order chi connectivity index (χ1) is 8.29. The van der Waals surface area contributed by atoms with Crippen LogP contribution >= 0.6 is 11.6 Å². The predicted octanol–water partition coefficient (Wildman–Crippen LogP) is 2.62. The zero-order valence-electron chi connectivity index (χ0n) is 9.94. The number of hydrogen-bond donors (Lipinski definition) is 1. The number of aryl methyl sites for hydroxylation is 1. The first kappa shape index (κ1) is 14.8. The summed E-state index contributed by atoms with van der Waals surface area (Å²) in [6.45, 7) is 2.31. The lowest BCUT2D eigenvalue weighted by atomic mass is 10.3. The summed E-state index contributed by atoms with van der Waals surface area (Å²) in [4.78, 5) is 11.6. The summed E-state index contributed by atoms with van der Waals surface area (Å²) in [5, 5.41) is 5.31. The second kappa shape index (κ2) is 5.60. The largest absolute Gasteiger partial charge is 0.434 e. The second-order valence-electron chi connectivity index (χ2n) is 3.74. The lowest BCUT2D eigenvalue weighted by molar-refractivity contribution is -0.143. The van der Waals surface area contributed by atoms with Gasteiger partial charge in [-0.25, -0.2) is 0 Å². The summed E-state index contributed by atoms with van der Waals surface area (Å²) in [6.07, 6.45) is -3.03. The van der Waals surface area contributed by atoms with Crippen LogP contribution in [0.2, 0.25) is 5.02 Å². The lowest BCUT2D eigenvalue weighted by Gasteiger charge is -2.06. The fourth-order valence-corrected chi connectivity index (χ4v) is 1.77. The first-order valence-corrected chi connectivity index (χ1v) is 5.74. The van der Waals surface area contributed by atoms with Crippen molar-refractivity contribution in [3.05, 3.63) is 16.4 Å². The Labute approximate surface area is 107 Å². The van der Waals surface area contributed by atoms with Crippen LogP contribution in [0.4, 0.5) is 13.2 Å². The van der Waals surface area contributed by atoms with Crippen LogP contribution in [0.15, 0.2) is 0 Å². The second-order valence-corrected chi connectivity index (χ2v) is 4.12. The maximum absolute atomic E-state index is 12.6. The summed E-state index contributed by atoms with van der Waals surface area (Å²) in [6, 6.07) is 0. The van der Waals surface area contributed by atoms with Gasteiger partial charge in [0, 0.05) is 13.6 Å². The number of halogens is 4. The Morgan fingerprint density at radius 2 is 2.11 bits per heavy atom. The number of alkyl halides is 3. The smallest absolute Gasteiger partial charge is 0.351 e. The van der Waals surface area contributed by atoms with Gasteiger partial charge in [-0.2, -0.15) is 18.3 Å². The molecule has 0 aliphatic rings. The van der Waals surface area contributed by atoms with Gasteiger partial charge < -0.3 is 5.32 Å². The SMILES string of the molecule is CCCCNC(=O)c1nn(C)c(C(F)(F)F)c1Cl. The molecule has 1 amide bonds. The molecule has 4 nitrogen and oxygen atoms in total. The summed E-state index contributed by atoms with van der Waals surface area (Å²) >= 11 is 5.56. The van der Waals surface area contributed by atoms with Crippen molar-refractivity contribution in [2.75, 3.05) is 6.54 Å². The Bertz CT molecular complexity index is 442. The molecule has 0 bridgehead atoms. The molecule has 0 saturated heterocycles. The Hall–Kier alpha value is -1.24. The minimum atomic E-state index is -4.64. The Kier molecular flexibility index (Phi) is 4.61. The van der Waals surface area contributed by atoms with Gasteiger partial charge in [-0.3, -0.25) is 9.48 Å². The van der Waals surface area contributed by atoms with E-state index in [2.05, 4.69) is 10.4 Å².